The lowest BCUT2D eigenvalue weighted by molar-refractivity contribution is -0.274. The van der Waals surface area contributed by atoms with Crippen LogP contribution >= 0.6 is 0 Å². The Bertz CT molecular complexity index is 1290. The molecule has 0 aliphatic carbocycles. The van der Waals surface area contributed by atoms with E-state index in [1.54, 1.807) is 45.3 Å². The normalized spacial score (nSPS) is 12.1. The third kappa shape index (κ3) is 5.27. The zero-order valence-corrected chi connectivity index (χ0v) is 18.5. The maximum Gasteiger partial charge on any atom is 0.573 e. The number of ether oxygens (including phenoxy) is 2. The van der Waals surface area contributed by atoms with E-state index in [1.165, 1.54) is 28.9 Å². The Morgan fingerprint density at radius 1 is 1.09 bits per heavy atom. The van der Waals surface area contributed by atoms with E-state index in [4.69, 9.17) is 4.74 Å². The maximum absolute atomic E-state index is 12.5. The van der Waals surface area contributed by atoms with Gasteiger partial charge in [-0.1, -0.05) is 0 Å². The lowest BCUT2D eigenvalue weighted by Gasteiger charge is -2.19. The molecule has 4 rings (SSSR count). The number of aromatic amines is 1. The quantitative estimate of drug-likeness (QED) is 0.433. The number of benzene rings is 1. The van der Waals surface area contributed by atoms with Crippen LogP contribution in [0.25, 0.3) is 28.0 Å². The van der Waals surface area contributed by atoms with Gasteiger partial charge >= 0.3 is 12.5 Å². The first-order chi connectivity index (χ1) is 16.0. The van der Waals surface area contributed by atoms with Gasteiger partial charge in [0.2, 0.25) is 0 Å². The van der Waals surface area contributed by atoms with Crippen molar-refractivity contribution in [1.29, 1.82) is 0 Å². The van der Waals surface area contributed by atoms with Crippen LogP contribution in [0.3, 0.4) is 0 Å². The minimum Gasteiger partial charge on any atom is -0.444 e. The molecule has 178 valence electrons. The summed E-state index contributed by atoms with van der Waals surface area (Å²) in [5.41, 5.74) is 2.16. The Balaban J connectivity index is 1.75. The molecular weight excluding hydrogens is 453 g/mol. The molecule has 0 aliphatic heterocycles. The van der Waals surface area contributed by atoms with E-state index in [9.17, 15) is 18.0 Å². The van der Waals surface area contributed by atoms with Gasteiger partial charge in [0.25, 0.3) is 0 Å². The molecule has 0 spiro atoms. The van der Waals surface area contributed by atoms with E-state index in [0.717, 1.165) is 5.56 Å². The number of carbonyl (C=O) groups is 1. The van der Waals surface area contributed by atoms with Gasteiger partial charge in [-0.05, 0) is 57.2 Å². The van der Waals surface area contributed by atoms with Crippen molar-refractivity contribution in [3.63, 3.8) is 0 Å². The molecule has 4 aromatic rings. The molecule has 0 aliphatic rings. The van der Waals surface area contributed by atoms with Crippen molar-refractivity contribution in [2.75, 3.05) is 0 Å². The first-order valence-electron chi connectivity index (χ1n) is 10.2. The van der Waals surface area contributed by atoms with Gasteiger partial charge in [0.1, 0.15) is 11.4 Å². The van der Waals surface area contributed by atoms with E-state index in [0.29, 0.717) is 28.1 Å². The van der Waals surface area contributed by atoms with Gasteiger partial charge in [-0.15, -0.1) is 13.2 Å². The molecule has 0 saturated heterocycles. The molecule has 0 radical (unpaired) electrons. The number of hydrogen-bond acceptors (Lipinski definition) is 6. The predicted molar refractivity (Wildman–Crippen MR) is 116 cm³/mol. The summed E-state index contributed by atoms with van der Waals surface area (Å²) in [5.74, 6) is -0.356. The summed E-state index contributed by atoms with van der Waals surface area (Å²) in [7, 11) is 0. The summed E-state index contributed by atoms with van der Waals surface area (Å²) in [6.45, 7) is 5.29. The fourth-order valence-corrected chi connectivity index (χ4v) is 3.31. The van der Waals surface area contributed by atoms with Crippen LogP contribution < -0.4 is 10.1 Å². The van der Waals surface area contributed by atoms with E-state index < -0.39 is 18.1 Å². The number of aromatic nitrogens is 5. The van der Waals surface area contributed by atoms with Gasteiger partial charge in [-0.3, -0.25) is 5.10 Å². The third-order valence-electron chi connectivity index (χ3n) is 4.55. The van der Waals surface area contributed by atoms with E-state index in [1.807, 2.05) is 0 Å². The van der Waals surface area contributed by atoms with Crippen molar-refractivity contribution < 1.29 is 27.4 Å². The van der Waals surface area contributed by atoms with Crippen LogP contribution in [-0.2, 0) is 11.3 Å². The summed E-state index contributed by atoms with van der Waals surface area (Å²) in [4.78, 5) is 16.6. The summed E-state index contributed by atoms with van der Waals surface area (Å²) < 4.78 is 48.2. The number of nitrogens with zero attached hydrogens (tertiary/aromatic N) is 4. The molecule has 0 bridgehead atoms. The summed E-state index contributed by atoms with van der Waals surface area (Å²) in [6.07, 6.45) is -2.22. The Morgan fingerprint density at radius 2 is 1.82 bits per heavy atom. The van der Waals surface area contributed by atoms with Crippen molar-refractivity contribution in [2.45, 2.75) is 39.3 Å². The van der Waals surface area contributed by atoms with Crippen LogP contribution in [0.15, 0.2) is 48.8 Å². The average Bonchev–Trinajstić information content (AvgIpc) is 3.39. The topological polar surface area (TPSA) is 107 Å². The van der Waals surface area contributed by atoms with Crippen molar-refractivity contribution in [3.8, 4) is 22.7 Å². The minimum absolute atomic E-state index is 0.0283. The molecule has 0 saturated carbocycles. The van der Waals surface area contributed by atoms with Gasteiger partial charge in [0.05, 0.1) is 29.0 Å². The first kappa shape index (κ1) is 23.1. The summed E-state index contributed by atoms with van der Waals surface area (Å²) in [5, 5.41) is 14.8. The second kappa shape index (κ2) is 8.69. The molecular formula is C22H21F3N6O3. The molecule has 3 heterocycles. The number of rotatable bonds is 5. The summed E-state index contributed by atoms with van der Waals surface area (Å²) in [6, 6.07) is 8.80. The molecule has 0 fully saturated rings. The van der Waals surface area contributed by atoms with E-state index >= 15 is 0 Å². The highest BCUT2D eigenvalue weighted by atomic mass is 19.4. The Morgan fingerprint density at radius 3 is 2.44 bits per heavy atom. The Labute approximate surface area is 191 Å². The SMILES string of the molecule is CC(C)(C)OC(=O)NCc1nn(-c2ccc(OC(F)(F)F)cc2)c2nccc(-c3ccn[nH]3)c12. The van der Waals surface area contributed by atoms with Crippen LogP contribution in [0.1, 0.15) is 26.5 Å². The molecule has 34 heavy (non-hydrogen) atoms. The molecule has 2 N–H and O–H groups in total. The molecule has 12 heteroatoms. The van der Waals surface area contributed by atoms with Crippen molar-refractivity contribution in [1.82, 2.24) is 30.3 Å². The molecule has 0 unspecified atom stereocenters. The zero-order valence-electron chi connectivity index (χ0n) is 18.5. The number of H-pyrrole nitrogens is 1. The number of nitrogens with one attached hydrogen (secondary N) is 2. The molecule has 1 aromatic carbocycles. The fourth-order valence-electron chi connectivity index (χ4n) is 3.31. The molecule has 0 atom stereocenters. The number of halogens is 3. The highest BCUT2D eigenvalue weighted by molar-refractivity contribution is 5.94. The summed E-state index contributed by atoms with van der Waals surface area (Å²) >= 11 is 0. The predicted octanol–water partition coefficient (Wildman–Crippen LogP) is 4.73. The zero-order chi connectivity index (χ0) is 24.5. The highest BCUT2D eigenvalue weighted by Gasteiger charge is 2.31. The lowest BCUT2D eigenvalue weighted by atomic mass is 10.1. The third-order valence-corrected chi connectivity index (χ3v) is 4.55. The van der Waals surface area contributed by atoms with Gasteiger partial charge in [0.15, 0.2) is 5.65 Å². The maximum atomic E-state index is 12.5. The van der Waals surface area contributed by atoms with Crippen molar-refractivity contribution in [2.24, 2.45) is 0 Å². The number of hydrogen-bond donors (Lipinski definition) is 2. The number of pyridine rings is 1. The van der Waals surface area contributed by atoms with E-state index in [-0.39, 0.29) is 12.3 Å². The van der Waals surface area contributed by atoms with E-state index in [2.05, 4.69) is 30.3 Å². The van der Waals surface area contributed by atoms with Gasteiger partial charge in [0, 0.05) is 18.0 Å². The smallest absolute Gasteiger partial charge is 0.444 e. The number of alkyl carbamates (subject to hydrolysis) is 1. The first-order valence-corrected chi connectivity index (χ1v) is 10.2. The Kier molecular flexibility index (Phi) is 5.90. The molecule has 3 aromatic heterocycles. The van der Waals surface area contributed by atoms with Crippen LogP contribution in [0.2, 0.25) is 0 Å². The van der Waals surface area contributed by atoms with Gasteiger partial charge in [-0.2, -0.15) is 10.2 Å². The van der Waals surface area contributed by atoms with Crippen LogP contribution in [0.4, 0.5) is 18.0 Å². The second-order valence-corrected chi connectivity index (χ2v) is 8.28. The van der Waals surface area contributed by atoms with Crippen LogP contribution in [0.5, 0.6) is 5.75 Å². The van der Waals surface area contributed by atoms with Gasteiger partial charge in [-0.25, -0.2) is 14.5 Å². The molecule has 9 nitrogen and oxygen atoms in total. The average molecular weight is 474 g/mol. The Hall–Kier alpha value is -4.09. The lowest BCUT2D eigenvalue weighted by Crippen LogP contribution is -2.32. The second-order valence-electron chi connectivity index (χ2n) is 8.28. The van der Waals surface area contributed by atoms with Crippen LogP contribution in [0, 0.1) is 0 Å². The number of carbonyl (C=O) groups excluding carboxylic acids is 1. The number of amides is 1. The van der Waals surface area contributed by atoms with Gasteiger partial charge < -0.3 is 14.8 Å². The molecule has 1 amide bonds. The van der Waals surface area contributed by atoms with Crippen LogP contribution in [-0.4, -0.2) is 43.0 Å². The number of alkyl halides is 3. The standard InChI is InChI=1S/C22H21F3N6O3/c1-21(2,3)34-20(32)27-12-17-18-15(16-9-11-28-29-16)8-10-26-19(18)31(30-17)13-4-6-14(7-5-13)33-22(23,24)25/h4-11H,12H2,1-3H3,(H,27,32)(H,28,29). The fraction of sp³-hybridized carbons (Fsp3) is 0.273. The number of fused-ring (bicyclic) bond motifs is 1. The monoisotopic (exact) mass is 474 g/mol. The minimum atomic E-state index is -4.79. The van der Waals surface area contributed by atoms with Crippen molar-refractivity contribution >= 4 is 17.1 Å². The largest absolute Gasteiger partial charge is 0.573 e. The highest BCUT2D eigenvalue weighted by Crippen LogP contribution is 2.31. The van der Waals surface area contributed by atoms with Crippen molar-refractivity contribution in [3.05, 3.63) is 54.5 Å².